The van der Waals surface area contributed by atoms with Crippen LogP contribution in [0.3, 0.4) is 0 Å². The lowest BCUT2D eigenvalue weighted by molar-refractivity contribution is -0.122. The summed E-state index contributed by atoms with van der Waals surface area (Å²) in [6.45, 7) is 0. The number of carbonyl (C=O) groups excluding carboxylic acids is 1. The highest BCUT2D eigenvalue weighted by Gasteiger charge is 2.18. The molecule has 2 aromatic rings. The van der Waals surface area contributed by atoms with Gasteiger partial charge in [0.05, 0.1) is 17.2 Å². The van der Waals surface area contributed by atoms with E-state index in [2.05, 4.69) is 10.1 Å². The Labute approximate surface area is 136 Å². The molecule has 4 heteroatoms. The molecular formula is C19H23N3O. The van der Waals surface area contributed by atoms with E-state index in [1.807, 2.05) is 42.6 Å². The lowest BCUT2D eigenvalue weighted by Gasteiger charge is -2.16. The topological polar surface area (TPSA) is 47.2 Å². The molecule has 1 aliphatic rings. The maximum Gasteiger partial charge on any atom is 0.249 e. The van der Waals surface area contributed by atoms with Crippen molar-refractivity contribution in [3.8, 4) is 5.69 Å². The van der Waals surface area contributed by atoms with E-state index in [1.54, 1.807) is 10.9 Å². The molecule has 23 heavy (non-hydrogen) atoms. The van der Waals surface area contributed by atoms with Crippen molar-refractivity contribution in [2.75, 3.05) is 0 Å². The quantitative estimate of drug-likeness (QED) is 0.850. The summed E-state index contributed by atoms with van der Waals surface area (Å²) in [6, 6.07) is 11.7. The Morgan fingerprint density at radius 2 is 1.70 bits per heavy atom. The minimum absolute atomic E-state index is 0.0196. The van der Waals surface area contributed by atoms with E-state index in [0.29, 0.717) is 5.36 Å². The number of aromatic nitrogens is 2. The lowest BCUT2D eigenvalue weighted by Crippen LogP contribution is -2.18. The van der Waals surface area contributed by atoms with Crippen molar-refractivity contribution in [3.05, 3.63) is 54.1 Å². The molecule has 0 radical (unpaired) electrons. The van der Waals surface area contributed by atoms with E-state index < -0.39 is 0 Å². The molecule has 1 aromatic carbocycles. The van der Waals surface area contributed by atoms with E-state index in [-0.39, 0.29) is 11.8 Å². The van der Waals surface area contributed by atoms with Crippen LogP contribution in [-0.2, 0) is 4.79 Å². The number of nitrogens with zero attached hydrogens (tertiary/aromatic N) is 3. The van der Waals surface area contributed by atoms with Gasteiger partial charge >= 0.3 is 0 Å². The van der Waals surface area contributed by atoms with Crippen LogP contribution in [-0.4, -0.2) is 15.7 Å². The number of rotatable bonds is 2. The molecule has 0 atom stereocenters. The summed E-state index contributed by atoms with van der Waals surface area (Å²) in [5, 5.41) is 4.99. The predicted molar refractivity (Wildman–Crippen MR) is 89.9 cm³/mol. The summed E-state index contributed by atoms with van der Waals surface area (Å²) >= 11 is 0. The number of amides is 1. The molecule has 0 unspecified atom stereocenters. The highest BCUT2D eigenvalue weighted by atomic mass is 16.1. The summed E-state index contributed by atoms with van der Waals surface area (Å²) in [5.41, 5.74) is 0.991. The van der Waals surface area contributed by atoms with Gasteiger partial charge in [0.15, 0.2) is 0 Å². The molecule has 0 aliphatic heterocycles. The highest BCUT2D eigenvalue weighted by Crippen LogP contribution is 2.23. The fourth-order valence-corrected chi connectivity index (χ4v) is 3.07. The third-order valence-corrected chi connectivity index (χ3v) is 4.42. The first kappa shape index (κ1) is 15.7. The second-order valence-electron chi connectivity index (χ2n) is 6.16. The monoisotopic (exact) mass is 309 g/mol. The van der Waals surface area contributed by atoms with Crippen molar-refractivity contribution in [1.29, 1.82) is 0 Å². The van der Waals surface area contributed by atoms with Crippen LogP contribution in [0.2, 0.25) is 0 Å². The van der Waals surface area contributed by atoms with Gasteiger partial charge in [-0.25, -0.2) is 9.67 Å². The molecule has 0 N–H and O–H groups in total. The van der Waals surface area contributed by atoms with Crippen LogP contribution in [0.15, 0.2) is 53.8 Å². The number of para-hydroxylation sites is 1. The molecule has 3 rings (SSSR count). The van der Waals surface area contributed by atoms with Gasteiger partial charge in [-0.1, -0.05) is 50.3 Å². The van der Waals surface area contributed by atoms with E-state index in [1.165, 1.54) is 19.3 Å². The van der Waals surface area contributed by atoms with Gasteiger partial charge in [0.25, 0.3) is 0 Å². The summed E-state index contributed by atoms with van der Waals surface area (Å²) in [5.74, 6) is 0.114. The molecule has 4 nitrogen and oxygen atoms in total. The van der Waals surface area contributed by atoms with Gasteiger partial charge in [0.2, 0.25) is 5.91 Å². The van der Waals surface area contributed by atoms with Crippen LogP contribution in [0.5, 0.6) is 0 Å². The molecular weight excluding hydrogens is 286 g/mol. The summed E-state index contributed by atoms with van der Waals surface area (Å²) in [6.07, 6.45) is 11.5. The fraction of sp³-hybridized carbons (Fsp3) is 0.421. The Hall–Kier alpha value is -2.23. The average molecular weight is 309 g/mol. The van der Waals surface area contributed by atoms with Crippen molar-refractivity contribution < 1.29 is 4.79 Å². The van der Waals surface area contributed by atoms with E-state index in [9.17, 15) is 4.79 Å². The molecule has 1 aliphatic carbocycles. The van der Waals surface area contributed by atoms with Crippen LogP contribution >= 0.6 is 0 Å². The van der Waals surface area contributed by atoms with Gasteiger partial charge in [-0.05, 0) is 31.0 Å². The molecule has 1 saturated carbocycles. The normalized spacial score (nSPS) is 17.5. The second-order valence-corrected chi connectivity index (χ2v) is 6.16. The first-order valence-electron chi connectivity index (χ1n) is 8.52. The summed E-state index contributed by atoms with van der Waals surface area (Å²) < 4.78 is 1.78. The van der Waals surface area contributed by atoms with Crippen LogP contribution in [0.1, 0.15) is 44.9 Å². The van der Waals surface area contributed by atoms with Crippen molar-refractivity contribution in [1.82, 2.24) is 9.78 Å². The van der Waals surface area contributed by atoms with Crippen LogP contribution < -0.4 is 5.36 Å². The van der Waals surface area contributed by atoms with Crippen molar-refractivity contribution in [2.24, 2.45) is 10.9 Å². The number of benzene rings is 1. The van der Waals surface area contributed by atoms with Crippen LogP contribution in [0, 0.1) is 5.92 Å². The zero-order valence-corrected chi connectivity index (χ0v) is 13.4. The molecule has 0 spiro atoms. The SMILES string of the molecule is O=C(N=c1ccn(-c2ccccc2)nc1)C1CCCCCCC1. The molecule has 1 heterocycles. The first-order valence-corrected chi connectivity index (χ1v) is 8.52. The van der Waals surface area contributed by atoms with Gasteiger partial charge < -0.3 is 0 Å². The largest absolute Gasteiger partial charge is 0.272 e. The van der Waals surface area contributed by atoms with Crippen molar-refractivity contribution in [3.63, 3.8) is 0 Å². The van der Waals surface area contributed by atoms with Gasteiger partial charge in [-0.3, -0.25) is 4.79 Å². The lowest BCUT2D eigenvalue weighted by atomic mass is 9.91. The van der Waals surface area contributed by atoms with Gasteiger partial charge in [-0.2, -0.15) is 5.10 Å². The van der Waals surface area contributed by atoms with E-state index >= 15 is 0 Å². The Bertz CT molecular complexity index is 678. The van der Waals surface area contributed by atoms with Crippen molar-refractivity contribution in [2.45, 2.75) is 44.9 Å². The second kappa shape index (κ2) is 7.86. The third kappa shape index (κ3) is 4.38. The minimum atomic E-state index is 0.0196. The fourth-order valence-electron chi connectivity index (χ4n) is 3.07. The van der Waals surface area contributed by atoms with Gasteiger partial charge in [0, 0.05) is 12.1 Å². The number of carbonyl (C=O) groups is 1. The standard InChI is InChI=1S/C19H23N3O/c23-19(16-9-5-2-1-3-6-10-16)21-17-13-14-22(20-15-17)18-11-7-4-8-12-18/h4,7-8,11-16H,1-3,5-6,9-10H2. The number of hydrogen-bond donors (Lipinski definition) is 0. The predicted octanol–water partition coefficient (Wildman–Crippen LogP) is 3.66. The minimum Gasteiger partial charge on any atom is -0.272 e. The van der Waals surface area contributed by atoms with E-state index in [0.717, 1.165) is 31.4 Å². The zero-order chi connectivity index (χ0) is 15.9. The molecule has 0 bridgehead atoms. The van der Waals surface area contributed by atoms with Gasteiger partial charge in [0.1, 0.15) is 0 Å². The smallest absolute Gasteiger partial charge is 0.249 e. The maximum atomic E-state index is 12.4. The summed E-state index contributed by atoms with van der Waals surface area (Å²) in [4.78, 5) is 16.7. The number of hydrogen-bond acceptors (Lipinski definition) is 2. The average Bonchev–Trinajstić information content (AvgIpc) is 2.56. The Kier molecular flexibility index (Phi) is 5.35. The van der Waals surface area contributed by atoms with Crippen LogP contribution in [0.4, 0.5) is 0 Å². The molecule has 0 saturated heterocycles. The maximum absolute atomic E-state index is 12.4. The molecule has 1 aromatic heterocycles. The van der Waals surface area contributed by atoms with Gasteiger partial charge in [-0.15, -0.1) is 0 Å². The Balaban J connectivity index is 1.73. The third-order valence-electron chi connectivity index (χ3n) is 4.42. The van der Waals surface area contributed by atoms with E-state index in [4.69, 9.17) is 0 Å². The molecule has 1 fully saturated rings. The Morgan fingerprint density at radius 3 is 2.35 bits per heavy atom. The first-order chi connectivity index (χ1) is 11.3. The van der Waals surface area contributed by atoms with Crippen molar-refractivity contribution >= 4 is 5.91 Å². The molecule has 120 valence electrons. The zero-order valence-electron chi connectivity index (χ0n) is 13.4. The summed E-state index contributed by atoms with van der Waals surface area (Å²) in [7, 11) is 0. The van der Waals surface area contributed by atoms with Crippen LogP contribution in [0.25, 0.3) is 5.69 Å². The highest BCUT2D eigenvalue weighted by molar-refractivity contribution is 5.79. The molecule has 1 amide bonds. The Morgan fingerprint density at radius 1 is 1.00 bits per heavy atom.